The summed E-state index contributed by atoms with van der Waals surface area (Å²) in [4.78, 5) is 2.78. The first-order valence-corrected chi connectivity index (χ1v) is 9.13. The van der Waals surface area contributed by atoms with E-state index < -0.39 is 0 Å². The van der Waals surface area contributed by atoms with E-state index >= 15 is 0 Å². The Hall–Kier alpha value is -0.0800. The maximum absolute atomic E-state index is 3.84. The molecule has 0 radical (unpaired) electrons. The van der Waals surface area contributed by atoms with Crippen molar-refractivity contribution in [2.24, 2.45) is 17.8 Å². The predicted molar refractivity (Wildman–Crippen MR) is 88.0 cm³/mol. The number of nitrogens with one attached hydrogen (secondary N) is 1. The van der Waals surface area contributed by atoms with Gasteiger partial charge < -0.3 is 10.2 Å². The highest BCUT2D eigenvalue weighted by Crippen LogP contribution is 2.29. The Morgan fingerprint density at radius 3 is 2.55 bits per heavy atom. The van der Waals surface area contributed by atoms with Crippen molar-refractivity contribution >= 4 is 0 Å². The van der Waals surface area contributed by atoms with Crippen LogP contribution in [-0.4, -0.2) is 37.1 Å². The van der Waals surface area contributed by atoms with Gasteiger partial charge in [-0.3, -0.25) is 0 Å². The highest BCUT2D eigenvalue weighted by molar-refractivity contribution is 4.85. The van der Waals surface area contributed by atoms with E-state index in [2.05, 4.69) is 31.0 Å². The molecule has 0 amide bonds. The summed E-state index contributed by atoms with van der Waals surface area (Å²) < 4.78 is 0. The van der Waals surface area contributed by atoms with Crippen molar-refractivity contribution in [1.82, 2.24) is 10.2 Å². The van der Waals surface area contributed by atoms with E-state index in [-0.39, 0.29) is 0 Å². The van der Waals surface area contributed by atoms with E-state index in [0.29, 0.717) is 0 Å². The summed E-state index contributed by atoms with van der Waals surface area (Å²) in [6, 6.07) is 0.749. The molecule has 0 aromatic carbocycles. The zero-order chi connectivity index (χ0) is 14.4. The molecule has 2 aliphatic rings. The fourth-order valence-corrected chi connectivity index (χ4v) is 3.83. The molecule has 1 heterocycles. The van der Waals surface area contributed by atoms with E-state index in [0.717, 1.165) is 23.8 Å². The van der Waals surface area contributed by atoms with Crippen molar-refractivity contribution in [3.63, 3.8) is 0 Å². The van der Waals surface area contributed by atoms with Crippen molar-refractivity contribution in [2.75, 3.05) is 26.2 Å². The molecule has 2 unspecified atom stereocenters. The average Bonchev–Trinajstić information content (AvgIpc) is 2.34. The van der Waals surface area contributed by atoms with Crippen LogP contribution in [0.4, 0.5) is 0 Å². The van der Waals surface area contributed by atoms with Crippen LogP contribution in [0.15, 0.2) is 0 Å². The van der Waals surface area contributed by atoms with Crippen LogP contribution in [0.3, 0.4) is 0 Å². The zero-order valence-electron chi connectivity index (χ0n) is 14.0. The van der Waals surface area contributed by atoms with Crippen molar-refractivity contribution in [3.05, 3.63) is 0 Å². The van der Waals surface area contributed by atoms with Crippen molar-refractivity contribution in [3.8, 4) is 0 Å². The van der Waals surface area contributed by atoms with Gasteiger partial charge in [0.15, 0.2) is 0 Å². The fraction of sp³-hybridized carbons (Fsp3) is 1.00. The van der Waals surface area contributed by atoms with Crippen LogP contribution in [0.1, 0.15) is 65.7 Å². The smallest absolute Gasteiger partial charge is 0.0198 e. The molecule has 0 aromatic rings. The Morgan fingerprint density at radius 1 is 1.15 bits per heavy atom. The van der Waals surface area contributed by atoms with Crippen LogP contribution in [-0.2, 0) is 0 Å². The molecular formula is C18H36N2. The number of hydrogen-bond donors (Lipinski definition) is 1. The van der Waals surface area contributed by atoms with Gasteiger partial charge >= 0.3 is 0 Å². The summed E-state index contributed by atoms with van der Waals surface area (Å²) in [5.74, 6) is 2.78. The molecule has 2 fully saturated rings. The van der Waals surface area contributed by atoms with E-state index in [9.17, 15) is 0 Å². The van der Waals surface area contributed by atoms with E-state index in [1.807, 2.05) is 0 Å². The van der Waals surface area contributed by atoms with Crippen LogP contribution >= 0.6 is 0 Å². The zero-order valence-corrected chi connectivity index (χ0v) is 14.0. The second kappa shape index (κ2) is 8.38. The summed E-state index contributed by atoms with van der Waals surface area (Å²) in [5.41, 5.74) is 0. The molecule has 1 saturated heterocycles. The number of piperidine rings is 1. The first-order chi connectivity index (χ1) is 9.67. The van der Waals surface area contributed by atoms with Crippen molar-refractivity contribution in [1.29, 1.82) is 0 Å². The molecule has 1 aliphatic heterocycles. The summed E-state index contributed by atoms with van der Waals surface area (Å²) in [7, 11) is 0. The number of nitrogens with zero attached hydrogens (tertiary/aromatic N) is 1. The number of hydrogen-bond acceptors (Lipinski definition) is 2. The normalized spacial score (nSPS) is 28.8. The molecule has 20 heavy (non-hydrogen) atoms. The first-order valence-electron chi connectivity index (χ1n) is 9.13. The van der Waals surface area contributed by atoms with Crippen LogP contribution in [0.25, 0.3) is 0 Å². The molecule has 2 atom stereocenters. The monoisotopic (exact) mass is 280 g/mol. The van der Waals surface area contributed by atoms with Crippen LogP contribution in [0.5, 0.6) is 0 Å². The van der Waals surface area contributed by atoms with Gasteiger partial charge in [-0.1, -0.05) is 33.6 Å². The third-order valence-electron chi connectivity index (χ3n) is 5.21. The number of likely N-dealkylation sites (tertiary alicyclic amines) is 1. The third kappa shape index (κ3) is 5.37. The van der Waals surface area contributed by atoms with E-state index in [1.165, 1.54) is 71.1 Å². The highest BCUT2D eigenvalue weighted by Gasteiger charge is 2.29. The largest absolute Gasteiger partial charge is 0.313 e. The Labute approximate surface area is 126 Å². The lowest BCUT2D eigenvalue weighted by atomic mass is 9.83. The Kier molecular flexibility index (Phi) is 6.83. The van der Waals surface area contributed by atoms with Gasteiger partial charge in [-0.15, -0.1) is 0 Å². The van der Waals surface area contributed by atoms with Crippen LogP contribution in [0.2, 0.25) is 0 Å². The standard InChI is InChI=1S/C18H36N2/c1-4-6-17-11-18(19-10-9-15(2)3)14-20(13-17)12-16-7-5-8-16/h15-19H,4-14H2,1-3H3. The van der Waals surface area contributed by atoms with Crippen LogP contribution < -0.4 is 5.32 Å². The second-order valence-electron chi connectivity index (χ2n) is 7.74. The van der Waals surface area contributed by atoms with Gasteiger partial charge in [0.25, 0.3) is 0 Å². The van der Waals surface area contributed by atoms with Gasteiger partial charge in [-0.25, -0.2) is 0 Å². The van der Waals surface area contributed by atoms with Gasteiger partial charge in [-0.05, 0) is 56.4 Å². The van der Waals surface area contributed by atoms with Gasteiger partial charge in [0.2, 0.25) is 0 Å². The molecule has 2 rings (SSSR count). The third-order valence-corrected chi connectivity index (χ3v) is 5.21. The molecular weight excluding hydrogens is 244 g/mol. The maximum atomic E-state index is 3.84. The van der Waals surface area contributed by atoms with Crippen molar-refractivity contribution in [2.45, 2.75) is 71.8 Å². The van der Waals surface area contributed by atoms with Crippen LogP contribution in [0, 0.1) is 17.8 Å². The minimum Gasteiger partial charge on any atom is -0.313 e. The predicted octanol–water partition coefficient (Wildman–Crippen LogP) is 3.91. The van der Waals surface area contributed by atoms with Gasteiger partial charge in [0, 0.05) is 25.7 Å². The minimum atomic E-state index is 0.749. The lowest BCUT2D eigenvalue weighted by molar-refractivity contribution is 0.0980. The fourth-order valence-electron chi connectivity index (χ4n) is 3.83. The molecule has 2 nitrogen and oxygen atoms in total. The molecule has 0 spiro atoms. The average molecular weight is 281 g/mol. The highest BCUT2D eigenvalue weighted by atomic mass is 15.2. The first kappa shape index (κ1) is 16.3. The lowest BCUT2D eigenvalue weighted by Gasteiger charge is -2.41. The molecule has 0 bridgehead atoms. The topological polar surface area (TPSA) is 15.3 Å². The minimum absolute atomic E-state index is 0.749. The summed E-state index contributed by atoms with van der Waals surface area (Å²) >= 11 is 0. The maximum Gasteiger partial charge on any atom is 0.0198 e. The quantitative estimate of drug-likeness (QED) is 0.725. The Bertz CT molecular complexity index is 260. The lowest BCUT2D eigenvalue weighted by Crippen LogP contribution is -2.51. The Morgan fingerprint density at radius 2 is 1.95 bits per heavy atom. The van der Waals surface area contributed by atoms with E-state index in [4.69, 9.17) is 0 Å². The summed E-state index contributed by atoms with van der Waals surface area (Å²) in [5, 5.41) is 3.84. The van der Waals surface area contributed by atoms with Gasteiger partial charge in [-0.2, -0.15) is 0 Å². The second-order valence-corrected chi connectivity index (χ2v) is 7.74. The molecule has 1 aliphatic carbocycles. The molecule has 118 valence electrons. The summed E-state index contributed by atoms with van der Waals surface area (Å²) in [6.45, 7) is 12.2. The molecule has 0 aromatic heterocycles. The van der Waals surface area contributed by atoms with E-state index in [1.54, 1.807) is 0 Å². The number of rotatable bonds is 8. The van der Waals surface area contributed by atoms with Crippen molar-refractivity contribution < 1.29 is 0 Å². The molecule has 2 heteroatoms. The summed E-state index contributed by atoms with van der Waals surface area (Å²) in [6.07, 6.45) is 9.95. The molecule has 1 saturated carbocycles. The van der Waals surface area contributed by atoms with Gasteiger partial charge in [0.1, 0.15) is 0 Å². The molecule has 1 N–H and O–H groups in total. The Balaban J connectivity index is 1.76. The SMILES string of the molecule is CCCC1CC(NCCC(C)C)CN(CC2CCC2)C1. The van der Waals surface area contributed by atoms with Gasteiger partial charge in [0.05, 0.1) is 0 Å².